The van der Waals surface area contributed by atoms with E-state index in [1.807, 2.05) is 0 Å². The Hall–Kier alpha value is -3.35. The van der Waals surface area contributed by atoms with Gasteiger partial charge in [0.15, 0.2) is 0 Å². The number of halogens is 1. The fraction of sp³-hybridized carbons (Fsp3) is 0. The molecule has 0 fully saturated rings. The third kappa shape index (κ3) is 3.46. The predicted octanol–water partition coefficient (Wildman–Crippen LogP) is 3.93. The first-order valence-corrected chi connectivity index (χ1v) is 6.72. The number of nitrogens with zero attached hydrogens (tertiary/aromatic N) is 3. The summed E-state index contributed by atoms with van der Waals surface area (Å²) in [5.41, 5.74) is 1.63. The van der Waals surface area contributed by atoms with Gasteiger partial charge in [0.1, 0.15) is 5.82 Å². The van der Waals surface area contributed by atoms with Gasteiger partial charge in [-0.25, -0.2) is 14.4 Å². The Balaban J connectivity index is 1.91. The molecule has 1 N–H and O–H groups in total. The molecule has 0 aliphatic carbocycles. The van der Waals surface area contributed by atoms with E-state index in [0.717, 1.165) is 0 Å². The molecule has 1 aromatic heterocycles. The van der Waals surface area contributed by atoms with Crippen LogP contribution in [-0.4, -0.2) is 14.9 Å². The van der Waals surface area contributed by atoms with Gasteiger partial charge in [-0.2, -0.15) is 0 Å². The Morgan fingerprint density at radius 2 is 1.91 bits per heavy atom. The number of non-ortho nitro benzene ring substituents is 1. The van der Waals surface area contributed by atoms with Crippen molar-refractivity contribution < 1.29 is 9.31 Å². The van der Waals surface area contributed by atoms with Gasteiger partial charge in [-0.1, -0.05) is 18.2 Å². The van der Waals surface area contributed by atoms with Crippen molar-refractivity contribution in [1.82, 2.24) is 9.97 Å². The third-order valence-electron chi connectivity index (χ3n) is 3.09. The number of nitro groups is 1. The van der Waals surface area contributed by atoms with Crippen molar-refractivity contribution in [3.05, 3.63) is 76.7 Å². The summed E-state index contributed by atoms with van der Waals surface area (Å²) in [4.78, 5) is 18.8. The van der Waals surface area contributed by atoms with Crippen molar-refractivity contribution in [2.45, 2.75) is 0 Å². The van der Waals surface area contributed by atoms with Gasteiger partial charge in [-0.3, -0.25) is 10.1 Å². The predicted molar refractivity (Wildman–Crippen MR) is 83.8 cm³/mol. The topological polar surface area (TPSA) is 81.0 Å². The Bertz CT molecular complexity index is 870. The first kappa shape index (κ1) is 14.6. The van der Waals surface area contributed by atoms with Crippen LogP contribution in [0.1, 0.15) is 0 Å². The minimum Gasteiger partial charge on any atom is -0.324 e. The van der Waals surface area contributed by atoms with Gasteiger partial charge in [0.2, 0.25) is 5.95 Å². The molecule has 0 atom stereocenters. The zero-order valence-electron chi connectivity index (χ0n) is 11.8. The molecule has 0 radical (unpaired) electrons. The lowest BCUT2D eigenvalue weighted by molar-refractivity contribution is -0.384. The lowest BCUT2D eigenvalue weighted by Crippen LogP contribution is -1.98. The largest absolute Gasteiger partial charge is 0.324 e. The second-order valence-electron chi connectivity index (χ2n) is 4.71. The van der Waals surface area contributed by atoms with Crippen molar-refractivity contribution in [3.8, 4) is 11.3 Å². The van der Waals surface area contributed by atoms with Crippen LogP contribution in [0.3, 0.4) is 0 Å². The maximum atomic E-state index is 13.2. The average Bonchev–Trinajstić information content (AvgIpc) is 2.55. The average molecular weight is 310 g/mol. The molecule has 1 heterocycles. The van der Waals surface area contributed by atoms with Crippen molar-refractivity contribution in [3.63, 3.8) is 0 Å². The molecule has 7 heteroatoms. The maximum absolute atomic E-state index is 13.2. The molecule has 3 aromatic rings. The van der Waals surface area contributed by atoms with E-state index >= 15 is 0 Å². The quantitative estimate of drug-likeness (QED) is 0.583. The molecule has 0 amide bonds. The molecule has 3 rings (SSSR count). The third-order valence-corrected chi connectivity index (χ3v) is 3.09. The molecule has 114 valence electrons. The molecular formula is C16H11FN4O2. The Morgan fingerprint density at radius 3 is 2.70 bits per heavy atom. The minimum absolute atomic E-state index is 0.0132. The molecule has 0 spiro atoms. The normalized spacial score (nSPS) is 10.3. The first-order chi connectivity index (χ1) is 11.1. The van der Waals surface area contributed by atoms with Crippen LogP contribution in [0, 0.1) is 15.9 Å². The molecule has 0 unspecified atom stereocenters. The van der Waals surface area contributed by atoms with Gasteiger partial charge in [-0.15, -0.1) is 0 Å². The number of hydrogen-bond donors (Lipinski definition) is 1. The first-order valence-electron chi connectivity index (χ1n) is 6.72. The van der Waals surface area contributed by atoms with Gasteiger partial charge in [0, 0.05) is 29.6 Å². The maximum Gasteiger partial charge on any atom is 0.270 e. The molecular weight excluding hydrogens is 299 g/mol. The molecule has 23 heavy (non-hydrogen) atoms. The molecule has 0 saturated heterocycles. The van der Waals surface area contributed by atoms with Gasteiger partial charge >= 0.3 is 0 Å². The van der Waals surface area contributed by atoms with Crippen LogP contribution in [0.5, 0.6) is 0 Å². The number of benzene rings is 2. The summed E-state index contributed by atoms with van der Waals surface area (Å²) in [6, 6.07) is 13.7. The van der Waals surface area contributed by atoms with E-state index in [4.69, 9.17) is 0 Å². The number of anilines is 2. The van der Waals surface area contributed by atoms with E-state index in [1.54, 1.807) is 30.3 Å². The fourth-order valence-corrected chi connectivity index (χ4v) is 2.05. The van der Waals surface area contributed by atoms with E-state index in [0.29, 0.717) is 16.9 Å². The molecule has 0 aliphatic rings. The molecule has 6 nitrogen and oxygen atoms in total. The zero-order valence-corrected chi connectivity index (χ0v) is 11.8. The number of nitrogens with one attached hydrogen (secondary N) is 1. The molecule has 0 bridgehead atoms. The lowest BCUT2D eigenvalue weighted by atomic mass is 10.1. The Morgan fingerprint density at radius 1 is 1.09 bits per heavy atom. The van der Waals surface area contributed by atoms with Crippen LogP contribution in [0.15, 0.2) is 60.8 Å². The van der Waals surface area contributed by atoms with Crippen molar-refractivity contribution in [2.24, 2.45) is 0 Å². The van der Waals surface area contributed by atoms with E-state index in [-0.39, 0.29) is 17.5 Å². The van der Waals surface area contributed by atoms with Crippen LogP contribution in [0.4, 0.5) is 21.7 Å². The van der Waals surface area contributed by atoms with Gasteiger partial charge < -0.3 is 5.32 Å². The molecule has 0 saturated carbocycles. The number of nitro benzene ring substituents is 1. The highest BCUT2D eigenvalue weighted by atomic mass is 19.1. The lowest BCUT2D eigenvalue weighted by Gasteiger charge is -2.06. The van der Waals surface area contributed by atoms with Gasteiger partial charge in [0.05, 0.1) is 10.6 Å². The minimum atomic E-state index is -0.462. The molecule has 2 aromatic carbocycles. The van der Waals surface area contributed by atoms with Crippen molar-refractivity contribution in [2.75, 3.05) is 5.32 Å². The standard InChI is InChI=1S/C16H11FN4O2/c17-12-4-2-5-13(10-12)19-16-18-8-7-15(20-16)11-3-1-6-14(9-11)21(22)23/h1-10H,(H,18,19,20). The van der Waals surface area contributed by atoms with Crippen LogP contribution >= 0.6 is 0 Å². The van der Waals surface area contributed by atoms with Crippen molar-refractivity contribution in [1.29, 1.82) is 0 Å². The monoisotopic (exact) mass is 310 g/mol. The van der Waals surface area contributed by atoms with Crippen molar-refractivity contribution >= 4 is 17.3 Å². The Kier molecular flexibility index (Phi) is 3.92. The van der Waals surface area contributed by atoms with Gasteiger partial charge in [-0.05, 0) is 24.3 Å². The van der Waals surface area contributed by atoms with Gasteiger partial charge in [0.25, 0.3) is 5.69 Å². The Labute approximate surface area is 130 Å². The summed E-state index contributed by atoms with van der Waals surface area (Å²) in [6.45, 7) is 0. The van der Waals surface area contributed by atoms with Crippen LogP contribution in [-0.2, 0) is 0 Å². The van der Waals surface area contributed by atoms with Crippen LogP contribution in [0.2, 0.25) is 0 Å². The SMILES string of the molecule is O=[N+]([O-])c1cccc(-c2ccnc(Nc3cccc(F)c3)n2)c1. The summed E-state index contributed by atoms with van der Waals surface area (Å²) in [6.07, 6.45) is 1.53. The smallest absolute Gasteiger partial charge is 0.270 e. The fourth-order valence-electron chi connectivity index (χ4n) is 2.05. The molecule has 0 aliphatic heterocycles. The number of hydrogen-bond acceptors (Lipinski definition) is 5. The van der Waals surface area contributed by atoms with Crippen LogP contribution in [0.25, 0.3) is 11.3 Å². The second-order valence-corrected chi connectivity index (χ2v) is 4.71. The summed E-state index contributed by atoms with van der Waals surface area (Å²) in [5, 5.41) is 13.7. The summed E-state index contributed by atoms with van der Waals surface area (Å²) >= 11 is 0. The highest BCUT2D eigenvalue weighted by molar-refractivity contribution is 5.64. The van der Waals surface area contributed by atoms with E-state index in [2.05, 4.69) is 15.3 Å². The zero-order chi connectivity index (χ0) is 16.2. The van der Waals surface area contributed by atoms with E-state index in [1.165, 1.54) is 30.5 Å². The summed E-state index contributed by atoms with van der Waals surface area (Å²) in [7, 11) is 0. The van der Waals surface area contributed by atoms with Crippen LogP contribution < -0.4 is 5.32 Å². The highest BCUT2D eigenvalue weighted by Gasteiger charge is 2.09. The van der Waals surface area contributed by atoms with E-state index in [9.17, 15) is 14.5 Å². The number of rotatable bonds is 4. The highest BCUT2D eigenvalue weighted by Crippen LogP contribution is 2.23. The number of aromatic nitrogens is 2. The summed E-state index contributed by atoms with van der Waals surface area (Å²) in [5.74, 6) is -0.0931. The second kappa shape index (κ2) is 6.18. The summed E-state index contributed by atoms with van der Waals surface area (Å²) < 4.78 is 13.2. The van der Waals surface area contributed by atoms with E-state index < -0.39 is 4.92 Å².